The highest BCUT2D eigenvalue weighted by molar-refractivity contribution is 5.89. The lowest BCUT2D eigenvalue weighted by Crippen LogP contribution is -2.36. The van der Waals surface area contributed by atoms with Crippen LogP contribution in [0.15, 0.2) is 24.3 Å². The second kappa shape index (κ2) is 7.22. The topological polar surface area (TPSA) is 55.8 Å². The van der Waals surface area contributed by atoms with Gasteiger partial charge in [0.1, 0.15) is 0 Å². The monoisotopic (exact) mass is 291 g/mol. The first-order valence-electron chi connectivity index (χ1n) is 7.11. The lowest BCUT2D eigenvalue weighted by molar-refractivity contribution is -0.147. The van der Waals surface area contributed by atoms with Gasteiger partial charge in [-0.2, -0.15) is 0 Å². The van der Waals surface area contributed by atoms with Crippen molar-refractivity contribution in [2.75, 3.05) is 27.3 Å². The van der Waals surface area contributed by atoms with Crippen molar-refractivity contribution >= 4 is 11.9 Å². The smallest absolute Gasteiger partial charge is 0.337 e. The fourth-order valence-corrected chi connectivity index (χ4v) is 2.67. The number of rotatable bonds is 4. The molecule has 0 aromatic heterocycles. The summed E-state index contributed by atoms with van der Waals surface area (Å²) in [7, 11) is 2.82. The number of piperidine rings is 1. The lowest BCUT2D eigenvalue weighted by Gasteiger charge is -2.30. The van der Waals surface area contributed by atoms with Crippen LogP contribution < -0.4 is 0 Å². The van der Waals surface area contributed by atoms with Gasteiger partial charge in [0.05, 0.1) is 25.7 Å². The van der Waals surface area contributed by atoms with E-state index < -0.39 is 0 Å². The number of carbonyl (C=O) groups is 2. The van der Waals surface area contributed by atoms with E-state index in [9.17, 15) is 9.59 Å². The van der Waals surface area contributed by atoms with Crippen molar-refractivity contribution < 1.29 is 19.1 Å². The molecule has 0 N–H and O–H groups in total. The van der Waals surface area contributed by atoms with Crippen molar-refractivity contribution in [2.45, 2.75) is 19.4 Å². The van der Waals surface area contributed by atoms with E-state index in [1.165, 1.54) is 14.2 Å². The number of benzene rings is 1. The molecule has 0 radical (unpaired) electrons. The number of ether oxygens (including phenoxy) is 2. The minimum atomic E-state index is -0.318. The second-order valence-electron chi connectivity index (χ2n) is 5.27. The maximum absolute atomic E-state index is 11.5. The predicted octanol–water partition coefficient (Wildman–Crippen LogP) is 1.86. The Kier molecular flexibility index (Phi) is 5.33. The molecule has 0 aliphatic carbocycles. The fourth-order valence-electron chi connectivity index (χ4n) is 2.67. The van der Waals surface area contributed by atoms with Crippen molar-refractivity contribution in [3.05, 3.63) is 35.4 Å². The molecule has 2 rings (SSSR count). The molecule has 5 heteroatoms. The molecule has 1 aliphatic heterocycles. The van der Waals surface area contributed by atoms with Crippen LogP contribution in [0.25, 0.3) is 0 Å². The molecule has 114 valence electrons. The van der Waals surface area contributed by atoms with Crippen molar-refractivity contribution in [3.63, 3.8) is 0 Å². The Hall–Kier alpha value is -1.88. The van der Waals surface area contributed by atoms with E-state index in [0.29, 0.717) is 5.56 Å². The Bertz CT molecular complexity index is 507. The molecule has 1 aliphatic rings. The molecule has 1 fully saturated rings. The summed E-state index contributed by atoms with van der Waals surface area (Å²) < 4.78 is 9.52. The largest absolute Gasteiger partial charge is 0.469 e. The first kappa shape index (κ1) is 15.5. The number of hydrogen-bond donors (Lipinski definition) is 0. The Morgan fingerprint density at radius 2 is 1.90 bits per heavy atom. The van der Waals surface area contributed by atoms with Crippen LogP contribution in [-0.4, -0.2) is 44.1 Å². The molecule has 0 saturated carbocycles. The van der Waals surface area contributed by atoms with Gasteiger partial charge < -0.3 is 9.47 Å². The molecule has 0 unspecified atom stereocenters. The van der Waals surface area contributed by atoms with Crippen LogP contribution in [0.5, 0.6) is 0 Å². The number of methoxy groups -OCH3 is 2. The van der Waals surface area contributed by atoms with E-state index in [-0.39, 0.29) is 17.9 Å². The van der Waals surface area contributed by atoms with E-state index in [2.05, 4.69) is 4.90 Å². The first-order valence-corrected chi connectivity index (χ1v) is 7.11. The zero-order valence-electron chi connectivity index (χ0n) is 12.5. The molecule has 0 amide bonds. The zero-order chi connectivity index (χ0) is 15.2. The van der Waals surface area contributed by atoms with Gasteiger partial charge in [-0.3, -0.25) is 9.69 Å². The van der Waals surface area contributed by atoms with Gasteiger partial charge in [0.2, 0.25) is 0 Å². The van der Waals surface area contributed by atoms with Crippen LogP contribution in [0, 0.1) is 5.92 Å². The summed E-state index contributed by atoms with van der Waals surface area (Å²) >= 11 is 0. The van der Waals surface area contributed by atoms with Crippen LogP contribution >= 0.6 is 0 Å². The summed E-state index contributed by atoms with van der Waals surface area (Å²) in [4.78, 5) is 25.3. The van der Waals surface area contributed by atoms with Crippen LogP contribution in [0.4, 0.5) is 0 Å². The average Bonchev–Trinajstić information content (AvgIpc) is 2.54. The molecule has 0 atom stereocenters. The lowest BCUT2D eigenvalue weighted by atomic mass is 9.96. The van der Waals surface area contributed by atoms with E-state index in [4.69, 9.17) is 9.47 Å². The van der Waals surface area contributed by atoms with Gasteiger partial charge in [-0.25, -0.2) is 4.79 Å². The van der Waals surface area contributed by atoms with E-state index in [1.807, 2.05) is 18.2 Å². The van der Waals surface area contributed by atoms with E-state index in [1.54, 1.807) is 6.07 Å². The number of likely N-dealkylation sites (tertiary alicyclic amines) is 1. The Morgan fingerprint density at radius 1 is 1.19 bits per heavy atom. The van der Waals surface area contributed by atoms with Crippen LogP contribution in [0.2, 0.25) is 0 Å². The van der Waals surface area contributed by atoms with E-state index in [0.717, 1.165) is 38.0 Å². The van der Waals surface area contributed by atoms with Gasteiger partial charge in [0, 0.05) is 6.54 Å². The quantitative estimate of drug-likeness (QED) is 0.793. The third kappa shape index (κ3) is 4.04. The number of nitrogens with zero attached hydrogens (tertiary/aromatic N) is 1. The predicted molar refractivity (Wildman–Crippen MR) is 77.8 cm³/mol. The number of hydrogen-bond acceptors (Lipinski definition) is 5. The fraction of sp³-hybridized carbons (Fsp3) is 0.500. The molecule has 5 nitrogen and oxygen atoms in total. The molecule has 1 heterocycles. The number of esters is 2. The standard InChI is InChI=1S/C16H21NO4/c1-20-15(18)13-6-8-17(9-7-13)11-12-4-3-5-14(10-12)16(19)21-2/h3-5,10,13H,6-9,11H2,1-2H3. The van der Waals surface area contributed by atoms with Crippen molar-refractivity contribution in [1.29, 1.82) is 0 Å². The molecule has 0 spiro atoms. The highest BCUT2D eigenvalue weighted by Gasteiger charge is 2.25. The SMILES string of the molecule is COC(=O)c1cccc(CN2CCC(C(=O)OC)CC2)c1. The van der Waals surface area contributed by atoms with Crippen molar-refractivity contribution in [1.82, 2.24) is 4.90 Å². The Balaban J connectivity index is 1.92. The summed E-state index contributed by atoms with van der Waals surface area (Å²) in [5.41, 5.74) is 1.65. The minimum Gasteiger partial charge on any atom is -0.469 e. The second-order valence-corrected chi connectivity index (χ2v) is 5.27. The highest BCUT2D eigenvalue weighted by Crippen LogP contribution is 2.20. The van der Waals surface area contributed by atoms with Gasteiger partial charge in [-0.05, 0) is 43.6 Å². The van der Waals surface area contributed by atoms with Crippen LogP contribution in [-0.2, 0) is 20.8 Å². The third-order valence-corrected chi connectivity index (χ3v) is 3.88. The van der Waals surface area contributed by atoms with E-state index >= 15 is 0 Å². The van der Waals surface area contributed by atoms with Gasteiger partial charge >= 0.3 is 11.9 Å². The molecule has 0 bridgehead atoms. The van der Waals surface area contributed by atoms with Gasteiger partial charge in [0.15, 0.2) is 0 Å². The zero-order valence-corrected chi connectivity index (χ0v) is 12.5. The molecule has 21 heavy (non-hydrogen) atoms. The van der Waals surface area contributed by atoms with Crippen LogP contribution in [0.1, 0.15) is 28.8 Å². The van der Waals surface area contributed by atoms with Gasteiger partial charge in [0.25, 0.3) is 0 Å². The summed E-state index contributed by atoms with van der Waals surface area (Å²) in [6.45, 7) is 2.50. The third-order valence-electron chi connectivity index (χ3n) is 3.88. The maximum atomic E-state index is 11.5. The maximum Gasteiger partial charge on any atom is 0.337 e. The molecular weight excluding hydrogens is 270 g/mol. The van der Waals surface area contributed by atoms with Gasteiger partial charge in [-0.1, -0.05) is 12.1 Å². The molecule has 1 aromatic rings. The van der Waals surface area contributed by atoms with Crippen molar-refractivity contribution in [2.24, 2.45) is 5.92 Å². The molecule has 1 saturated heterocycles. The highest BCUT2D eigenvalue weighted by atomic mass is 16.5. The van der Waals surface area contributed by atoms with Crippen molar-refractivity contribution in [3.8, 4) is 0 Å². The van der Waals surface area contributed by atoms with Crippen LogP contribution in [0.3, 0.4) is 0 Å². The minimum absolute atomic E-state index is 0.0210. The first-order chi connectivity index (χ1) is 10.1. The normalized spacial score (nSPS) is 16.5. The summed E-state index contributed by atoms with van der Waals surface area (Å²) in [5, 5.41) is 0. The molecule has 1 aromatic carbocycles. The summed E-state index contributed by atoms with van der Waals surface area (Å²) in [5.74, 6) is -0.406. The molecular formula is C16H21NO4. The van der Waals surface area contributed by atoms with Gasteiger partial charge in [-0.15, -0.1) is 0 Å². The summed E-state index contributed by atoms with van der Waals surface area (Å²) in [6, 6.07) is 7.47. The Morgan fingerprint density at radius 3 is 2.52 bits per heavy atom. The average molecular weight is 291 g/mol. The summed E-state index contributed by atoms with van der Waals surface area (Å²) in [6.07, 6.45) is 1.65. The Labute approximate surface area is 124 Å². The number of carbonyl (C=O) groups excluding carboxylic acids is 2.